The predicted octanol–water partition coefficient (Wildman–Crippen LogP) is 3.15. The van der Waals surface area contributed by atoms with Gasteiger partial charge >= 0.3 is 11.8 Å². The fraction of sp³-hybridized carbons (Fsp3) is 0.241. The van der Waals surface area contributed by atoms with Crippen molar-refractivity contribution in [3.05, 3.63) is 82.9 Å². The van der Waals surface area contributed by atoms with Crippen LogP contribution < -0.4 is 30.3 Å². The molecule has 0 unspecified atom stereocenters. The molecule has 0 aliphatic rings. The minimum absolute atomic E-state index is 0.141. The Kier molecular flexibility index (Phi) is 10.4. The third kappa shape index (κ3) is 8.89. The van der Waals surface area contributed by atoms with Crippen LogP contribution in [0.2, 0.25) is 0 Å². The third-order valence-electron chi connectivity index (χ3n) is 5.65. The first-order valence-corrected chi connectivity index (χ1v) is 12.2. The Morgan fingerprint density at radius 3 is 2.33 bits per heavy atom. The van der Waals surface area contributed by atoms with Crippen molar-refractivity contribution in [1.29, 1.82) is 0 Å². The molecule has 0 heterocycles. The lowest BCUT2D eigenvalue weighted by Gasteiger charge is -2.10. The van der Waals surface area contributed by atoms with Crippen molar-refractivity contribution in [1.82, 2.24) is 10.7 Å². The summed E-state index contributed by atoms with van der Waals surface area (Å²) in [5, 5.41) is 9.21. The standard InChI is InChI=1S/C29H32N4O6/c1-19-5-6-20(2)24(15-19)32-27(34)18-39-23-10-7-22(8-11-23)17-31-33-29(36)28(35)30-14-13-21-9-12-25(37-3)26(16-21)38-4/h5-12,15-17H,13-14,18H2,1-4H3,(H,30,35)(H,32,34)(H,33,36)/b31-17-. The van der Waals surface area contributed by atoms with Crippen molar-refractivity contribution >= 4 is 29.6 Å². The van der Waals surface area contributed by atoms with E-state index in [0.717, 1.165) is 22.4 Å². The maximum atomic E-state index is 12.2. The quantitative estimate of drug-likeness (QED) is 0.198. The summed E-state index contributed by atoms with van der Waals surface area (Å²) in [6.45, 7) is 4.00. The zero-order chi connectivity index (χ0) is 28.2. The van der Waals surface area contributed by atoms with Gasteiger partial charge in [0.2, 0.25) is 0 Å². The van der Waals surface area contributed by atoms with Gasteiger partial charge in [-0.05, 0) is 85.0 Å². The molecule has 204 valence electrons. The van der Waals surface area contributed by atoms with Crippen LogP contribution in [0, 0.1) is 13.8 Å². The van der Waals surface area contributed by atoms with E-state index in [9.17, 15) is 14.4 Å². The average molecular weight is 533 g/mol. The lowest BCUT2D eigenvalue weighted by molar-refractivity contribution is -0.139. The maximum absolute atomic E-state index is 12.2. The first-order chi connectivity index (χ1) is 18.8. The summed E-state index contributed by atoms with van der Waals surface area (Å²) >= 11 is 0. The number of hydrogen-bond donors (Lipinski definition) is 3. The van der Waals surface area contributed by atoms with Gasteiger partial charge in [0.25, 0.3) is 5.91 Å². The SMILES string of the molecule is COc1ccc(CCNC(=O)C(=O)N/N=C\c2ccc(OCC(=O)Nc3cc(C)ccc3C)cc2)cc1OC. The molecule has 3 aromatic rings. The molecule has 0 bridgehead atoms. The molecule has 0 aliphatic carbocycles. The van der Waals surface area contributed by atoms with E-state index >= 15 is 0 Å². The van der Waals surface area contributed by atoms with Gasteiger partial charge in [0.05, 0.1) is 20.4 Å². The first-order valence-electron chi connectivity index (χ1n) is 12.2. The highest BCUT2D eigenvalue weighted by Crippen LogP contribution is 2.27. The van der Waals surface area contributed by atoms with E-state index in [-0.39, 0.29) is 19.1 Å². The summed E-state index contributed by atoms with van der Waals surface area (Å²) in [5.41, 5.74) is 6.55. The van der Waals surface area contributed by atoms with Gasteiger partial charge in [0.1, 0.15) is 5.75 Å². The summed E-state index contributed by atoms with van der Waals surface area (Å²) in [6.07, 6.45) is 1.90. The molecule has 0 saturated heterocycles. The number of amides is 3. The number of nitrogens with zero attached hydrogens (tertiary/aromatic N) is 1. The molecular formula is C29H32N4O6. The Labute approximate surface area is 227 Å². The van der Waals surface area contributed by atoms with E-state index in [2.05, 4.69) is 21.2 Å². The van der Waals surface area contributed by atoms with Gasteiger partial charge in [-0.3, -0.25) is 14.4 Å². The first kappa shape index (κ1) is 28.7. The molecule has 0 fully saturated rings. The Balaban J connectivity index is 1.39. The Morgan fingerprint density at radius 2 is 1.62 bits per heavy atom. The van der Waals surface area contributed by atoms with Crippen molar-refractivity contribution < 1.29 is 28.6 Å². The summed E-state index contributed by atoms with van der Waals surface area (Å²) in [5.74, 6) is -0.239. The highest BCUT2D eigenvalue weighted by molar-refractivity contribution is 6.35. The van der Waals surface area contributed by atoms with Crippen LogP contribution in [0.25, 0.3) is 0 Å². The van der Waals surface area contributed by atoms with E-state index in [1.165, 1.54) is 6.21 Å². The van der Waals surface area contributed by atoms with Crippen LogP contribution in [0.4, 0.5) is 5.69 Å². The average Bonchev–Trinajstić information content (AvgIpc) is 2.94. The zero-order valence-electron chi connectivity index (χ0n) is 22.4. The molecule has 0 saturated carbocycles. The monoisotopic (exact) mass is 532 g/mol. The second-order valence-electron chi connectivity index (χ2n) is 8.62. The summed E-state index contributed by atoms with van der Waals surface area (Å²) in [7, 11) is 3.10. The van der Waals surface area contributed by atoms with E-state index in [1.807, 2.05) is 44.2 Å². The number of methoxy groups -OCH3 is 2. The molecule has 0 spiro atoms. The van der Waals surface area contributed by atoms with Crippen LogP contribution in [0.1, 0.15) is 22.3 Å². The fourth-order valence-electron chi connectivity index (χ4n) is 3.51. The highest BCUT2D eigenvalue weighted by atomic mass is 16.5. The van der Waals surface area contributed by atoms with E-state index < -0.39 is 11.8 Å². The van der Waals surface area contributed by atoms with Crippen LogP contribution in [-0.4, -0.2) is 51.3 Å². The topological polar surface area (TPSA) is 127 Å². The number of carbonyl (C=O) groups is 3. The van der Waals surface area contributed by atoms with E-state index in [4.69, 9.17) is 14.2 Å². The van der Waals surface area contributed by atoms with E-state index in [0.29, 0.717) is 29.2 Å². The molecule has 39 heavy (non-hydrogen) atoms. The molecule has 10 heteroatoms. The smallest absolute Gasteiger partial charge is 0.329 e. The second-order valence-corrected chi connectivity index (χ2v) is 8.62. The Bertz CT molecular complexity index is 1340. The minimum Gasteiger partial charge on any atom is -0.493 e. The number of ether oxygens (including phenoxy) is 3. The van der Waals surface area contributed by atoms with Crippen molar-refractivity contribution in [2.75, 3.05) is 32.7 Å². The van der Waals surface area contributed by atoms with Gasteiger partial charge < -0.3 is 24.8 Å². The zero-order valence-corrected chi connectivity index (χ0v) is 22.4. The summed E-state index contributed by atoms with van der Waals surface area (Å²) < 4.78 is 16.0. The van der Waals surface area contributed by atoms with Gasteiger partial charge in [-0.1, -0.05) is 18.2 Å². The predicted molar refractivity (Wildman–Crippen MR) is 148 cm³/mol. The lowest BCUT2D eigenvalue weighted by Crippen LogP contribution is -2.38. The van der Waals surface area contributed by atoms with E-state index in [1.54, 1.807) is 44.6 Å². The number of aryl methyl sites for hydroxylation is 2. The Morgan fingerprint density at radius 1 is 0.872 bits per heavy atom. The minimum atomic E-state index is -0.881. The largest absolute Gasteiger partial charge is 0.493 e. The molecule has 3 N–H and O–H groups in total. The highest BCUT2D eigenvalue weighted by Gasteiger charge is 2.12. The molecule has 0 aromatic heterocycles. The van der Waals surface area contributed by atoms with Gasteiger partial charge in [0, 0.05) is 12.2 Å². The van der Waals surface area contributed by atoms with Gasteiger partial charge in [-0.25, -0.2) is 5.43 Å². The van der Waals surface area contributed by atoms with Gasteiger partial charge in [0.15, 0.2) is 18.1 Å². The molecular weight excluding hydrogens is 500 g/mol. The number of hydrogen-bond acceptors (Lipinski definition) is 7. The number of benzene rings is 3. The molecule has 3 aromatic carbocycles. The lowest BCUT2D eigenvalue weighted by atomic mass is 10.1. The number of anilines is 1. The van der Waals surface area contributed by atoms with Gasteiger partial charge in [-0.15, -0.1) is 0 Å². The number of nitrogens with one attached hydrogen (secondary N) is 3. The molecule has 10 nitrogen and oxygen atoms in total. The number of hydrazone groups is 1. The van der Waals surface area contributed by atoms with Crippen LogP contribution in [0.15, 0.2) is 65.8 Å². The van der Waals surface area contributed by atoms with Crippen molar-refractivity contribution in [3.8, 4) is 17.2 Å². The second kappa shape index (κ2) is 14.2. The number of rotatable bonds is 11. The maximum Gasteiger partial charge on any atom is 0.329 e. The van der Waals surface area contributed by atoms with Crippen LogP contribution in [0.5, 0.6) is 17.2 Å². The van der Waals surface area contributed by atoms with Crippen molar-refractivity contribution in [3.63, 3.8) is 0 Å². The molecule has 0 aliphatic heterocycles. The fourth-order valence-corrected chi connectivity index (χ4v) is 3.51. The summed E-state index contributed by atoms with van der Waals surface area (Å²) in [4.78, 5) is 36.3. The molecule has 0 atom stereocenters. The number of carbonyl (C=O) groups excluding carboxylic acids is 3. The summed E-state index contributed by atoms with van der Waals surface area (Å²) in [6, 6.07) is 18.0. The van der Waals surface area contributed by atoms with Crippen molar-refractivity contribution in [2.24, 2.45) is 5.10 Å². The molecule has 3 rings (SSSR count). The third-order valence-corrected chi connectivity index (χ3v) is 5.65. The van der Waals surface area contributed by atoms with Crippen molar-refractivity contribution in [2.45, 2.75) is 20.3 Å². The van der Waals surface area contributed by atoms with Crippen LogP contribution in [0.3, 0.4) is 0 Å². The molecule has 0 radical (unpaired) electrons. The van der Waals surface area contributed by atoms with Crippen LogP contribution in [-0.2, 0) is 20.8 Å². The van der Waals surface area contributed by atoms with Crippen LogP contribution >= 0.6 is 0 Å². The Hall–Kier alpha value is -4.86. The normalized spacial score (nSPS) is 10.6. The van der Waals surface area contributed by atoms with Gasteiger partial charge in [-0.2, -0.15) is 5.10 Å². The molecule has 3 amide bonds.